The maximum absolute atomic E-state index is 15.1. The van der Waals surface area contributed by atoms with Crippen molar-refractivity contribution in [1.82, 2.24) is 5.32 Å². The van der Waals surface area contributed by atoms with E-state index in [-0.39, 0.29) is 46.8 Å². The van der Waals surface area contributed by atoms with Crippen molar-refractivity contribution in [3.05, 3.63) is 23.5 Å². The first kappa shape index (κ1) is 31.4. The Labute approximate surface area is 249 Å². The molecule has 1 aromatic carbocycles. The Balaban J connectivity index is 1.44. The van der Waals surface area contributed by atoms with Gasteiger partial charge in [-0.1, -0.05) is 47.1 Å². The van der Waals surface area contributed by atoms with Crippen LogP contribution in [-0.4, -0.2) is 60.9 Å². The summed E-state index contributed by atoms with van der Waals surface area (Å²) in [5.41, 5.74) is -1.02. The van der Waals surface area contributed by atoms with E-state index in [4.69, 9.17) is 14.1 Å². The number of halogens is 1. The van der Waals surface area contributed by atoms with E-state index < -0.39 is 48.5 Å². The van der Waals surface area contributed by atoms with Gasteiger partial charge < -0.3 is 29.6 Å². The molecule has 0 amide bonds. The van der Waals surface area contributed by atoms with Crippen LogP contribution in [0.25, 0.3) is 0 Å². The lowest BCUT2D eigenvalue weighted by atomic mass is 9.44. The minimum atomic E-state index is -1.38. The van der Waals surface area contributed by atoms with Crippen LogP contribution in [0.3, 0.4) is 0 Å². The fourth-order valence-electron chi connectivity index (χ4n) is 8.90. The lowest BCUT2D eigenvalue weighted by Crippen LogP contribution is -2.64. The summed E-state index contributed by atoms with van der Waals surface area (Å²) in [5, 5.41) is 25.5. The van der Waals surface area contributed by atoms with Crippen LogP contribution in [0.4, 0.5) is 4.39 Å². The summed E-state index contributed by atoms with van der Waals surface area (Å²) in [7, 11) is -1.38. The van der Waals surface area contributed by atoms with Gasteiger partial charge >= 0.3 is 13.1 Å². The van der Waals surface area contributed by atoms with E-state index in [1.807, 2.05) is 0 Å². The Kier molecular flexibility index (Phi) is 8.85. The van der Waals surface area contributed by atoms with Crippen LogP contribution >= 0.6 is 0 Å². The molecule has 0 spiro atoms. The lowest BCUT2D eigenvalue weighted by molar-refractivity contribution is -0.212. The molecule has 3 saturated carbocycles. The first-order valence-corrected chi connectivity index (χ1v) is 15.7. The van der Waals surface area contributed by atoms with Crippen LogP contribution in [0, 0.1) is 39.8 Å². The number of unbranched alkanes of at least 4 members (excludes halogenated alkanes) is 1. The number of hydrogen-bond donors (Lipinski definition) is 3. The Hall–Kier alpha value is -2.01. The number of carbonyl (C=O) groups is 2. The zero-order chi connectivity index (χ0) is 30.4. The second-order valence-electron chi connectivity index (χ2n) is 13.9. The first-order valence-electron chi connectivity index (χ1n) is 15.7. The van der Waals surface area contributed by atoms with Gasteiger partial charge in [0.2, 0.25) is 0 Å². The van der Waals surface area contributed by atoms with Crippen LogP contribution in [0.15, 0.2) is 12.1 Å². The number of aliphatic hydroxyl groups excluding tert-OH is 1. The molecule has 42 heavy (non-hydrogen) atoms. The van der Waals surface area contributed by atoms with Gasteiger partial charge in [0.15, 0.2) is 18.2 Å². The normalized spacial score (nSPS) is 37.6. The van der Waals surface area contributed by atoms with Gasteiger partial charge in [-0.15, -0.1) is 0 Å². The number of benzene rings is 1. The molecule has 1 aliphatic heterocycles. The Morgan fingerprint density at radius 1 is 1.26 bits per heavy atom. The number of nitrogens with one attached hydrogen (secondary N) is 1. The van der Waals surface area contributed by atoms with Gasteiger partial charge in [0.25, 0.3) is 0 Å². The van der Waals surface area contributed by atoms with Crippen molar-refractivity contribution >= 4 is 24.3 Å². The molecule has 232 valence electrons. The molecule has 0 aromatic heterocycles. The number of rotatable bonds is 9. The quantitative estimate of drug-likeness (QED) is 0.229. The smallest absolute Gasteiger partial charge is 0.479 e. The molecule has 10 heteroatoms. The fourth-order valence-corrected chi connectivity index (χ4v) is 8.90. The first-order chi connectivity index (χ1) is 19.9. The summed E-state index contributed by atoms with van der Waals surface area (Å²) < 4.78 is 32.0. The molecule has 3 N–H and O–H groups in total. The third-order valence-electron chi connectivity index (χ3n) is 11.6. The van der Waals surface area contributed by atoms with Crippen molar-refractivity contribution in [2.24, 2.45) is 34.0 Å². The molecule has 1 aromatic rings. The SMILES string of the molecule is CCCCNC[C@]1(C)C[C@@H](OC(=O)COc2ccc3c(c2F)B(O)OC3)[C@@]2(C)[C@@H]3C(=O)CC[C@@]3(CC[C@@H]2C)[C@@H](C)[C@@H]1O. The largest absolute Gasteiger partial charge is 0.494 e. The molecular weight excluding hydrogens is 540 g/mol. The number of ketones is 1. The number of fused-ring (bicyclic) bond motifs is 1. The van der Waals surface area contributed by atoms with Gasteiger partial charge in [0.05, 0.1) is 12.7 Å². The fraction of sp³-hybridized carbons (Fsp3) is 0.750. The molecule has 8 nitrogen and oxygen atoms in total. The Morgan fingerprint density at radius 2 is 2.02 bits per heavy atom. The van der Waals surface area contributed by atoms with Crippen LogP contribution in [0.5, 0.6) is 5.75 Å². The van der Waals surface area contributed by atoms with Crippen molar-refractivity contribution in [3.8, 4) is 5.75 Å². The predicted octanol–water partition coefficient (Wildman–Crippen LogP) is 3.53. The summed E-state index contributed by atoms with van der Waals surface area (Å²) in [4.78, 5) is 27.1. The Morgan fingerprint density at radius 3 is 2.76 bits per heavy atom. The van der Waals surface area contributed by atoms with Crippen molar-refractivity contribution in [2.75, 3.05) is 19.7 Å². The second kappa shape index (κ2) is 11.8. The van der Waals surface area contributed by atoms with E-state index in [2.05, 4.69) is 39.9 Å². The van der Waals surface area contributed by atoms with Gasteiger partial charge in [-0.25, -0.2) is 9.18 Å². The van der Waals surface area contributed by atoms with Crippen LogP contribution in [0.2, 0.25) is 0 Å². The van der Waals surface area contributed by atoms with Crippen LogP contribution in [-0.2, 0) is 25.6 Å². The van der Waals surface area contributed by atoms with E-state index in [1.165, 1.54) is 6.07 Å². The van der Waals surface area contributed by atoms with E-state index in [0.717, 1.165) is 38.6 Å². The summed E-state index contributed by atoms with van der Waals surface area (Å²) >= 11 is 0. The van der Waals surface area contributed by atoms with Gasteiger partial charge in [-0.3, -0.25) is 4.79 Å². The highest BCUT2D eigenvalue weighted by atomic mass is 19.1. The molecular formula is C32H47BFNO7. The van der Waals surface area contributed by atoms with Crippen LogP contribution in [0.1, 0.15) is 85.1 Å². The van der Waals surface area contributed by atoms with E-state index in [9.17, 15) is 19.7 Å². The van der Waals surface area contributed by atoms with E-state index >= 15 is 4.39 Å². The average Bonchev–Trinajstić information content (AvgIpc) is 3.52. The van der Waals surface area contributed by atoms with Crippen LogP contribution < -0.4 is 15.5 Å². The highest BCUT2D eigenvalue weighted by Crippen LogP contribution is 2.67. The molecule has 4 aliphatic rings. The van der Waals surface area contributed by atoms with Gasteiger partial charge in [0.1, 0.15) is 11.9 Å². The van der Waals surface area contributed by atoms with Crippen molar-refractivity contribution in [3.63, 3.8) is 0 Å². The van der Waals surface area contributed by atoms with E-state index in [1.54, 1.807) is 6.07 Å². The standard InChI is InChI=1S/C32H47BFNO7/c1-6-7-14-35-18-30(4)15-24(42-25(37)17-40-23-9-8-21-16-41-33(39)26(21)27(23)34)31(5)19(2)10-12-32(20(3)29(30)38)13-11-22(36)28(31)32/h8-9,19-20,24,28-29,35,38-39H,6-7,10-18H2,1-5H3/t19-,20-,24+,28-,29-,30-,31-,32-/m0/s1. The predicted molar refractivity (Wildman–Crippen MR) is 157 cm³/mol. The number of aliphatic hydroxyl groups is 1. The number of hydrogen-bond acceptors (Lipinski definition) is 8. The maximum atomic E-state index is 15.1. The van der Waals surface area contributed by atoms with Gasteiger partial charge in [0, 0.05) is 35.2 Å². The summed E-state index contributed by atoms with van der Waals surface area (Å²) in [5.74, 6) is -1.65. The zero-order valence-corrected chi connectivity index (χ0v) is 25.7. The molecule has 0 unspecified atom stereocenters. The maximum Gasteiger partial charge on any atom is 0.494 e. The molecule has 1 heterocycles. The highest BCUT2D eigenvalue weighted by molar-refractivity contribution is 6.61. The topological polar surface area (TPSA) is 114 Å². The second-order valence-corrected chi connectivity index (χ2v) is 13.9. The summed E-state index contributed by atoms with van der Waals surface area (Å²) in [6.07, 6.45) is 4.12. The minimum absolute atomic E-state index is 0.0231. The third kappa shape index (κ3) is 5.10. The molecule has 0 radical (unpaired) electrons. The Bertz CT molecular complexity index is 1200. The monoisotopic (exact) mass is 587 g/mol. The van der Waals surface area contributed by atoms with Crippen molar-refractivity contribution < 1.29 is 38.2 Å². The summed E-state index contributed by atoms with van der Waals surface area (Å²) in [6.45, 7) is 11.5. The van der Waals surface area contributed by atoms with Crippen molar-refractivity contribution in [1.29, 1.82) is 0 Å². The molecule has 5 rings (SSSR count). The third-order valence-corrected chi connectivity index (χ3v) is 11.6. The number of ether oxygens (including phenoxy) is 2. The van der Waals surface area contributed by atoms with E-state index in [0.29, 0.717) is 24.9 Å². The zero-order valence-electron chi connectivity index (χ0n) is 25.7. The molecule has 3 fully saturated rings. The molecule has 2 bridgehead atoms. The molecule has 0 saturated heterocycles. The minimum Gasteiger partial charge on any atom is -0.479 e. The number of esters is 1. The number of Topliss-reactive ketones (excluding diaryl/α,β-unsaturated/α-hetero) is 1. The highest BCUT2D eigenvalue weighted by Gasteiger charge is 2.68. The van der Waals surface area contributed by atoms with Gasteiger partial charge in [-0.05, 0) is 67.5 Å². The molecule has 8 atom stereocenters. The summed E-state index contributed by atoms with van der Waals surface area (Å²) in [6, 6.07) is 3.03. The lowest BCUT2D eigenvalue weighted by Gasteiger charge is -2.62. The van der Waals surface area contributed by atoms with Crippen molar-refractivity contribution in [2.45, 2.75) is 98.4 Å². The number of carbonyl (C=O) groups excluding carboxylic acids is 2. The van der Waals surface area contributed by atoms with Gasteiger partial charge in [-0.2, -0.15) is 0 Å². The average molecular weight is 588 g/mol. The molecule has 3 aliphatic carbocycles.